The number of carbonyl (C=O) groups is 2. The van der Waals surface area contributed by atoms with Crippen LogP contribution in [0.5, 0.6) is 28.7 Å². The topological polar surface area (TPSA) is 165 Å². The highest BCUT2D eigenvalue weighted by Gasteiger charge is 2.48. The first-order valence-corrected chi connectivity index (χ1v) is 7.34. The van der Waals surface area contributed by atoms with E-state index in [0.717, 1.165) is 30.3 Å². The van der Waals surface area contributed by atoms with Gasteiger partial charge in [-0.2, -0.15) is 0 Å². The van der Waals surface area contributed by atoms with E-state index in [4.69, 9.17) is 4.74 Å². The van der Waals surface area contributed by atoms with Gasteiger partial charge in [0.1, 0.15) is 22.8 Å². The summed E-state index contributed by atoms with van der Waals surface area (Å²) in [5, 5.41) is 58.3. The Morgan fingerprint density at radius 2 is 1.46 bits per heavy atom. The van der Waals surface area contributed by atoms with Crippen molar-refractivity contribution in [3.05, 3.63) is 41.5 Å². The first-order chi connectivity index (χ1) is 12.1. The van der Waals surface area contributed by atoms with Crippen LogP contribution in [0.15, 0.2) is 30.3 Å². The molecule has 9 heteroatoms. The molecule has 2 aromatic carbocycles. The third-order valence-electron chi connectivity index (χ3n) is 3.51. The third kappa shape index (κ3) is 3.25. The average Bonchev–Trinajstić information content (AvgIpc) is 2.55. The second-order valence-corrected chi connectivity index (χ2v) is 5.30. The molecule has 1 atom stereocenters. The first kappa shape index (κ1) is 19.0. The van der Waals surface area contributed by atoms with Gasteiger partial charge in [-0.05, 0) is 25.1 Å². The number of phenolic OH excluding ortho intramolecular Hbond substituents is 5. The maximum atomic E-state index is 12.7. The number of rotatable bonds is 6. The fraction of sp³-hybridized carbons (Fsp3) is 0.176. The van der Waals surface area contributed by atoms with Crippen LogP contribution >= 0.6 is 0 Å². The zero-order chi connectivity index (χ0) is 19.6. The van der Waals surface area contributed by atoms with Gasteiger partial charge in [0.2, 0.25) is 11.6 Å². The predicted octanol–water partition coefficient (Wildman–Crippen LogP) is 1.01. The van der Waals surface area contributed by atoms with Crippen LogP contribution in [0, 0.1) is 0 Å². The summed E-state index contributed by atoms with van der Waals surface area (Å²) < 4.78 is 4.90. The van der Waals surface area contributed by atoms with E-state index < -0.39 is 51.7 Å². The van der Waals surface area contributed by atoms with E-state index in [0.29, 0.717) is 0 Å². The van der Waals surface area contributed by atoms with E-state index in [1.54, 1.807) is 0 Å². The second kappa shape index (κ2) is 6.90. The SMILES string of the molecule is CCOC(O)(C(=O)c1ccc(O)c(O)c1)C(=O)c1c(O)cc(O)cc1O. The summed E-state index contributed by atoms with van der Waals surface area (Å²) >= 11 is 0. The Morgan fingerprint density at radius 1 is 0.885 bits per heavy atom. The van der Waals surface area contributed by atoms with Crippen LogP contribution in [0.2, 0.25) is 0 Å². The maximum absolute atomic E-state index is 12.7. The molecule has 0 heterocycles. The molecule has 0 amide bonds. The lowest BCUT2D eigenvalue weighted by Gasteiger charge is -2.25. The minimum absolute atomic E-state index is 0.294. The van der Waals surface area contributed by atoms with Crippen molar-refractivity contribution in [1.29, 1.82) is 0 Å². The summed E-state index contributed by atoms with van der Waals surface area (Å²) in [7, 11) is 0. The monoisotopic (exact) mass is 364 g/mol. The second-order valence-electron chi connectivity index (χ2n) is 5.30. The number of ketones is 2. The van der Waals surface area contributed by atoms with Crippen LogP contribution in [0.4, 0.5) is 0 Å². The Hall–Kier alpha value is -3.30. The largest absolute Gasteiger partial charge is 0.508 e. The van der Waals surface area contributed by atoms with Crippen LogP contribution in [-0.2, 0) is 4.74 Å². The summed E-state index contributed by atoms with van der Waals surface area (Å²) in [5.74, 6) is -9.42. The molecule has 138 valence electrons. The quantitative estimate of drug-likeness (QED) is 0.190. The van der Waals surface area contributed by atoms with Gasteiger partial charge in [0.25, 0.3) is 5.79 Å². The number of hydrogen-bond donors (Lipinski definition) is 6. The number of benzene rings is 2. The number of Topliss-reactive ketones (excluding diaryl/α,β-unsaturated/α-hetero) is 2. The zero-order valence-electron chi connectivity index (χ0n) is 13.5. The van der Waals surface area contributed by atoms with Gasteiger partial charge in [-0.3, -0.25) is 9.59 Å². The van der Waals surface area contributed by atoms with Crippen molar-refractivity contribution in [3.8, 4) is 28.7 Å². The Labute approximate surface area is 147 Å². The molecule has 0 aliphatic rings. The van der Waals surface area contributed by atoms with Gasteiger partial charge in [-0.15, -0.1) is 0 Å². The van der Waals surface area contributed by atoms with Gasteiger partial charge in [0.15, 0.2) is 11.5 Å². The highest BCUT2D eigenvalue weighted by Crippen LogP contribution is 2.36. The van der Waals surface area contributed by atoms with Gasteiger partial charge >= 0.3 is 0 Å². The van der Waals surface area contributed by atoms with Crippen LogP contribution in [0.3, 0.4) is 0 Å². The third-order valence-corrected chi connectivity index (χ3v) is 3.51. The smallest absolute Gasteiger partial charge is 0.297 e. The van der Waals surface area contributed by atoms with Crippen LogP contribution in [0.1, 0.15) is 27.6 Å². The van der Waals surface area contributed by atoms with Gasteiger partial charge < -0.3 is 35.4 Å². The fourth-order valence-electron chi connectivity index (χ4n) is 2.30. The molecule has 0 saturated carbocycles. The van der Waals surface area contributed by atoms with Crippen LogP contribution in [-0.4, -0.2) is 54.6 Å². The normalized spacial score (nSPS) is 13.2. The molecule has 0 fully saturated rings. The number of ether oxygens (including phenoxy) is 1. The van der Waals surface area contributed by atoms with Crippen molar-refractivity contribution < 1.29 is 45.0 Å². The molecular weight excluding hydrogens is 348 g/mol. The molecule has 26 heavy (non-hydrogen) atoms. The molecule has 0 aliphatic carbocycles. The van der Waals surface area contributed by atoms with Gasteiger partial charge in [-0.25, -0.2) is 0 Å². The Kier molecular flexibility index (Phi) is 5.05. The molecule has 6 N–H and O–H groups in total. The molecule has 2 aromatic rings. The molecule has 1 unspecified atom stereocenters. The van der Waals surface area contributed by atoms with Crippen LogP contribution in [0.25, 0.3) is 0 Å². The van der Waals surface area contributed by atoms with Gasteiger partial charge in [0, 0.05) is 24.3 Å². The maximum Gasteiger partial charge on any atom is 0.297 e. The number of carbonyl (C=O) groups excluding carboxylic acids is 2. The summed E-state index contributed by atoms with van der Waals surface area (Å²) in [6, 6.07) is 4.28. The lowest BCUT2D eigenvalue weighted by Crippen LogP contribution is -2.49. The lowest BCUT2D eigenvalue weighted by atomic mass is 9.93. The number of aromatic hydroxyl groups is 5. The van der Waals surface area contributed by atoms with Crippen molar-refractivity contribution in [1.82, 2.24) is 0 Å². The highest BCUT2D eigenvalue weighted by molar-refractivity contribution is 6.22. The number of hydrogen-bond acceptors (Lipinski definition) is 9. The molecule has 2 rings (SSSR count). The Bertz CT molecular complexity index is 852. The lowest BCUT2D eigenvalue weighted by molar-refractivity contribution is -0.130. The molecule has 0 radical (unpaired) electrons. The molecule has 0 spiro atoms. The number of phenols is 5. The van der Waals surface area contributed by atoms with E-state index >= 15 is 0 Å². The first-order valence-electron chi connectivity index (χ1n) is 7.34. The molecular formula is C17H16O9. The summed E-state index contributed by atoms with van der Waals surface area (Å²) in [6.07, 6.45) is 0. The van der Waals surface area contributed by atoms with E-state index in [9.17, 15) is 40.2 Å². The summed E-state index contributed by atoms with van der Waals surface area (Å²) in [5.41, 5.74) is -1.21. The van der Waals surface area contributed by atoms with Gasteiger partial charge in [-0.1, -0.05) is 0 Å². The van der Waals surface area contributed by atoms with Crippen LogP contribution < -0.4 is 0 Å². The van der Waals surface area contributed by atoms with Crippen molar-refractivity contribution in [2.24, 2.45) is 0 Å². The Morgan fingerprint density at radius 3 is 1.96 bits per heavy atom. The van der Waals surface area contributed by atoms with E-state index in [1.165, 1.54) is 6.92 Å². The molecule has 0 saturated heterocycles. The molecule has 0 bridgehead atoms. The fourth-order valence-corrected chi connectivity index (χ4v) is 2.30. The minimum Gasteiger partial charge on any atom is -0.508 e. The van der Waals surface area contributed by atoms with Crippen molar-refractivity contribution in [2.75, 3.05) is 6.61 Å². The standard InChI is InChI=1S/C17H16O9/c1-2-26-17(25,15(23)8-3-4-10(19)11(20)5-8)16(24)14-12(21)6-9(18)7-13(14)22/h3-7,18-22,25H,2H2,1H3. The average molecular weight is 364 g/mol. The molecule has 9 nitrogen and oxygen atoms in total. The highest BCUT2D eigenvalue weighted by atomic mass is 16.6. The molecule has 0 aliphatic heterocycles. The van der Waals surface area contributed by atoms with E-state index in [2.05, 4.69) is 0 Å². The predicted molar refractivity (Wildman–Crippen MR) is 86.4 cm³/mol. The van der Waals surface area contributed by atoms with Crippen molar-refractivity contribution in [2.45, 2.75) is 12.7 Å². The van der Waals surface area contributed by atoms with Gasteiger partial charge in [0.05, 0.1) is 0 Å². The molecule has 0 aromatic heterocycles. The minimum atomic E-state index is -3.13. The zero-order valence-corrected chi connectivity index (χ0v) is 13.5. The van der Waals surface area contributed by atoms with Crippen molar-refractivity contribution >= 4 is 11.6 Å². The number of aliphatic hydroxyl groups is 1. The Balaban J connectivity index is 2.57. The van der Waals surface area contributed by atoms with E-state index in [-0.39, 0.29) is 12.2 Å². The van der Waals surface area contributed by atoms with Crippen molar-refractivity contribution in [3.63, 3.8) is 0 Å². The summed E-state index contributed by atoms with van der Waals surface area (Å²) in [6.45, 7) is 1.09. The summed E-state index contributed by atoms with van der Waals surface area (Å²) in [4.78, 5) is 25.3. The van der Waals surface area contributed by atoms with E-state index in [1.807, 2.05) is 0 Å².